The zero-order valence-electron chi connectivity index (χ0n) is 11.1. The van der Waals surface area contributed by atoms with Crippen LogP contribution in [-0.2, 0) is 7.05 Å². The highest BCUT2D eigenvalue weighted by molar-refractivity contribution is 5.35. The largest absolute Gasteiger partial charge is 0.481 e. The molecule has 0 radical (unpaired) electrons. The number of methoxy groups -OCH3 is 1. The average molecular weight is 241 g/mol. The number of aliphatic hydroxyl groups is 1. The molecule has 0 aliphatic rings. The molecule has 1 aromatic rings. The van der Waals surface area contributed by atoms with Gasteiger partial charge in [0.25, 0.3) is 0 Å². The summed E-state index contributed by atoms with van der Waals surface area (Å²) in [5, 5.41) is 13.5. The maximum Gasteiger partial charge on any atom is 0.215 e. The third-order valence-electron chi connectivity index (χ3n) is 3.21. The molecule has 0 saturated carbocycles. The number of nitrogens with two attached hydrogens (primary N) is 1. The van der Waals surface area contributed by atoms with Gasteiger partial charge in [-0.3, -0.25) is 0 Å². The van der Waals surface area contributed by atoms with Gasteiger partial charge in [-0.05, 0) is 19.8 Å². The van der Waals surface area contributed by atoms with E-state index in [-0.39, 0.29) is 18.6 Å². The van der Waals surface area contributed by atoms with E-state index in [9.17, 15) is 5.11 Å². The lowest BCUT2D eigenvalue weighted by Crippen LogP contribution is -2.29. The molecule has 5 heteroatoms. The maximum absolute atomic E-state index is 9.18. The van der Waals surface area contributed by atoms with Crippen molar-refractivity contribution >= 4 is 0 Å². The minimum Gasteiger partial charge on any atom is -0.481 e. The minimum absolute atomic E-state index is 0.0129. The lowest BCUT2D eigenvalue weighted by atomic mass is 9.88. The van der Waals surface area contributed by atoms with E-state index in [2.05, 4.69) is 5.10 Å². The first kappa shape index (κ1) is 14.0. The Hall–Kier alpha value is -1.07. The van der Waals surface area contributed by atoms with Gasteiger partial charge in [0.1, 0.15) is 0 Å². The Morgan fingerprint density at radius 3 is 2.65 bits per heavy atom. The van der Waals surface area contributed by atoms with Crippen molar-refractivity contribution in [1.29, 1.82) is 0 Å². The lowest BCUT2D eigenvalue weighted by molar-refractivity contribution is 0.263. The van der Waals surface area contributed by atoms with E-state index in [1.165, 1.54) is 0 Å². The van der Waals surface area contributed by atoms with Crippen molar-refractivity contribution in [2.45, 2.75) is 38.6 Å². The predicted molar refractivity (Wildman–Crippen MR) is 67.2 cm³/mol. The smallest absolute Gasteiger partial charge is 0.215 e. The third kappa shape index (κ3) is 2.79. The van der Waals surface area contributed by atoms with Crippen LogP contribution in [-0.4, -0.2) is 34.6 Å². The Labute approximate surface area is 103 Å². The Bertz CT molecular complexity index is 363. The quantitative estimate of drug-likeness (QED) is 0.777. The molecule has 0 spiro atoms. The van der Waals surface area contributed by atoms with Crippen LogP contribution in [0.15, 0.2) is 0 Å². The van der Waals surface area contributed by atoms with Crippen molar-refractivity contribution in [2.75, 3.05) is 13.7 Å². The van der Waals surface area contributed by atoms with Gasteiger partial charge in [-0.15, -0.1) is 0 Å². The van der Waals surface area contributed by atoms with Gasteiger partial charge in [0.05, 0.1) is 12.8 Å². The number of aryl methyl sites for hydroxylation is 2. The molecular formula is C12H23N3O2. The number of hydrogen-bond donors (Lipinski definition) is 2. The first-order chi connectivity index (χ1) is 8.06. The molecule has 0 bridgehead atoms. The second kappa shape index (κ2) is 6.02. The normalized spacial score (nSPS) is 14.7. The summed E-state index contributed by atoms with van der Waals surface area (Å²) in [6.07, 6.45) is 1.50. The van der Waals surface area contributed by atoms with Crippen LogP contribution >= 0.6 is 0 Å². The van der Waals surface area contributed by atoms with E-state index in [0.717, 1.165) is 23.6 Å². The molecule has 0 aliphatic heterocycles. The topological polar surface area (TPSA) is 73.3 Å². The highest BCUT2D eigenvalue weighted by Gasteiger charge is 2.26. The van der Waals surface area contributed by atoms with Gasteiger partial charge in [0, 0.05) is 31.2 Å². The Morgan fingerprint density at radius 2 is 2.18 bits per heavy atom. The fraction of sp³-hybridized carbons (Fsp3) is 0.750. The van der Waals surface area contributed by atoms with E-state index in [0.29, 0.717) is 6.42 Å². The van der Waals surface area contributed by atoms with Crippen LogP contribution in [0.5, 0.6) is 5.88 Å². The Kier molecular flexibility index (Phi) is 4.96. The molecule has 17 heavy (non-hydrogen) atoms. The Balaban J connectivity index is 3.16. The SMILES string of the molecule is CCC(N)C(CCO)c1c(C)nn(C)c1OC. The van der Waals surface area contributed by atoms with Gasteiger partial charge in [0.15, 0.2) is 0 Å². The van der Waals surface area contributed by atoms with Gasteiger partial charge in [-0.25, -0.2) is 4.68 Å². The number of rotatable bonds is 6. The van der Waals surface area contributed by atoms with Gasteiger partial charge >= 0.3 is 0 Å². The number of ether oxygens (including phenoxy) is 1. The summed E-state index contributed by atoms with van der Waals surface area (Å²) in [6.45, 7) is 4.12. The zero-order valence-corrected chi connectivity index (χ0v) is 11.1. The van der Waals surface area contributed by atoms with E-state index in [1.54, 1.807) is 11.8 Å². The lowest BCUT2D eigenvalue weighted by Gasteiger charge is -2.22. The number of nitrogens with zero attached hydrogens (tertiary/aromatic N) is 2. The van der Waals surface area contributed by atoms with Crippen molar-refractivity contribution in [3.8, 4) is 5.88 Å². The van der Waals surface area contributed by atoms with E-state index >= 15 is 0 Å². The van der Waals surface area contributed by atoms with E-state index in [1.807, 2.05) is 20.9 Å². The standard InChI is InChI=1S/C12H23N3O2/c1-5-10(13)9(6-7-16)11-8(2)14-15(3)12(11)17-4/h9-10,16H,5-7,13H2,1-4H3. The maximum atomic E-state index is 9.18. The summed E-state index contributed by atoms with van der Waals surface area (Å²) in [7, 11) is 3.48. The highest BCUT2D eigenvalue weighted by Crippen LogP contribution is 2.33. The first-order valence-electron chi connectivity index (χ1n) is 6.00. The first-order valence-corrected chi connectivity index (χ1v) is 6.00. The highest BCUT2D eigenvalue weighted by atomic mass is 16.5. The molecular weight excluding hydrogens is 218 g/mol. The minimum atomic E-state index is 0.0129. The van der Waals surface area contributed by atoms with Gasteiger partial charge in [-0.2, -0.15) is 5.10 Å². The molecule has 0 aromatic carbocycles. The third-order valence-corrected chi connectivity index (χ3v) is 3.21. The molecule has 0 saturated heterocycles. The van der Waals surface area contributed by atoms with Crippen molar-refractivity contribution in [3.05, 3.63) is 11.3 Å². The van der Waals surface area contributed by atoms with E-state index < -0.39 is 0 Å². The number of hydrogen-bond acceptors (Lipinski definition) is 4. The molecule has 1 heterocycles. The molecule has 98 valence electrons. The average Bonchev–Trinajstić information content (AvgIpc) is 2.59. The van der Waals surface area contributed by atoms with Crippen molar-refractivity contribution in [1.82, 2.24) is 9.78 Å². The molecule has 2 unspecified atom stereocenters. The summed E-state index contributed by atoms with van der Waals surface area (Å²) < 4.78 is 7.10. The van der Waals surface area contributed by atoms with Gasteiger partial charge < -0.3 is 15.6 Å². The monoisotopic (exact) mass is 241 g/mol. The molecule has 5 nitrogen and oxygen atoms in total. The molecule has 1 rings (SSSR count). The van der Waals surface area contributed by atoms with Crippen LogP contribution in [0.3, 0.4) is 0 Å². The fourth-order valence-electron chi connectivity index (χ4n) is 2.32. The van der Waals surface area contributed by atoms with Crippen LogP contribution in [0.25, 0.3) is 0 Å². The van der Waals surface area contributed by atoms with Crippen LogP contribution in [0.1, 0.15) is 36.9 Å². The molecule has 0 amide bonds. The summed E-state index contributed by atoms with van der Waals surface area (Å²) in [5.74, 6) is 0.832. The summed E-state index contributed by atoms with van der Waals surface area (Å²) in [4.78, 5) is 0. The predicted octanol–water partition coefficient (Wildman–Crippen LogP) is 0.940. The van der Waals surface area contributed by atoms with Crippen molar-refractivity contribution in [3.63, 3.8) is 0 Å². The molecule has 3 N–H and O–H groups in total. The summed E-state index contributed by atoms with van der Waals surface area (Å²) >= 11 is 0. The van der Waals surface area contributed by atoms with Crippen LogP contribution in [0.2, 0.25) is 0 Å². The molecule has 2 atom stereocenters. The summed E-state index contributed by atoms with van der Waals surface area (Å²) in [6, 6.07) is 0.0129. The second-order valence-corrected chi connectivity index (χ2v) is 4.32. The van der Waals surface area contributed by atoms with Crippen LogP contribution in [0, 0.1) is 6.92 Å². The van der Waals surface area contributed by atoms with Gasteiger partial charge in [-0.1, -0.05) is 6.92 Å². The zero-order chi connectivity index (χ0) is 13.0. The molecule has 1 aromatic heterocycles. The molecule has 0 fully saturated rings. The van der Waals surface area contributed by atoms with Crippen LogP contribution < -0.4 is 10.5 Å². The number of aromatic nitrogens is 2. The van der Waals surface area contributed by atoms with Crippen molar-refractivity contribution < 1.29 is 9.84 Å². The van der Waals surface area contributed by atoms with Gasteiger partial charge in [0.2, 0.25) is 5.88 Å². The number of aliphatic hydroxyl groups excluding tert-OH is 1. The van der Waals surface area contributed by atoms with E-state index in [4.69, 9.17) is 10.5 Å². The fourth-order valence-corrected chi connectivity index (χ4v) is 2.32. The molecule has 0 aliphatic carbocycles. The van der Waals surface area contributed by atoms with Crippen molar-refractivity contribution in [2.24, 2.45) is 12.8 Å². The van der Waals surface area contributed by atoms with Crippen LogP contribution in [0.4, 0.5) is 0 Å². The summed E-state index contributed by atoms with van der Waals surface area (Å²) in [5.41, 5.74) is 8.08. The second-order valence-electron chi connectivity index (χ2n) is 4.32. The Morgan fingerprint density at radius 1 is 1.53 bits per heavy atom.